The molecule has 0 aromatic heterocycles. The van der Waals surface area contributed by atoms with Crippen molar-refractivity contribution in [3.63, 3.8) is 0 Å². The predicted octanol–water partition coefficient (Wildman–Crippen LogP) is -0.795. The van der Waals surface area contributed by atoms with Gasteiger partial charge < -0.3 is 10.1 Å². The smallest absolute Gasteiger partial charge is 0.325 e. The van der Waals surface area contributed by atoms with Crippen LogP contribution in [0.4, 0.5) is 4.79 Å². The average Bonchev–Trinajstić information content (AvgIpc) is 2.71. The number of nitrogens with one attached hydrogen (secondary N) is 2. The molecule has 0 saturated carbocycles. The molecule has 4 amide bonds. The van der Waals surface area contributed by atoms with Gasteiger partial charge in [0.2, 0.25) is 0 Å². The minimum absolute atomic E-state index is 0.0119. The summed E-state index contributed by atoms with van der Waals surface area (Å²) in [4.78, 5) is 37.2. The predicted molar refractivity (Wildman–Crippen MR) is 70.8 cm³/mol. The van der Waals surface area contributed by atoms with E-state index in [4.69, 9.17) is 10.6 Å². The second-order valence-electron chi connectivity index (χ2n) is 5.02. The zero-order valence-corrected chi connectivity index (χ0v) is 11.3. The molecule has 2 atom stereocenters. The van der Waals surface area contributed by atoms with Crippen LogP contribution in [0.3, 0.4) is 0 Å². The molecule has 2 heterocycles. The Morgan fingerprint density at radius 3 is 2.81 bits per heavy atom. The van der Waals surface area contributed by atoms with E-state index in [-0.39, 0.29) is 6.42 Å². The molecular formula is C13H14N4O4. The molecule has 110 valence electrons. The fourth-order valence-electron chi connectivity index (χ4n) is 2.76. The van der Waals surface area contributed by atoms with Crippen LogP contribution in [0.15, 0.2) is 24.3 Å². The molecule has 0 radical (unpaired) electrons. The largest absolute Gasteiger partial charge is 0.480 e. The van der Waals surface area contributed by atoms with Crippen molar-refractivity contribution < 1.29 is 19.1 Å². The summed E-state index contributed by atoms with van der Waals surface area (Å²) >= 11 is 0. The first-order chi connectivity index (χ1) is 9.99. The fourth-order valence-corrected chi connectivity index (χ4v) is 2.76. The second kappa shape index (κ2) is 4.45. The van der Waals surface area contributed by atoms with Crippen LogP contribution in [0, 0.1) is 0 Å². The normalized spacial score (nSPS) is 27.1. The molecule has 3 rings (SSSR count). The maximum atomic E-state index is 12.5. The van der Waals surface area contributed by atoms with Gasteiger partial charge in [0.25, 0.3) is 11.8 Å². The highest BCUT2D eigenvalue weighted by Gasteiger charge is 2.56. The van der Waals surface area contributed by atoms with E-state index in [2.05, 4.69) is 5.32 Å². The van der Waals surface area contributed by atoms with Gasteiger partial charge >= 0.3 is 6.03 Å². The van der Waals surface area contributed by atoms with Crippen molar-refractivity contribution in [2.45, 2.75) is 18.1 Å². The number of hydrogen-bond donors (Lipinski definition) is 3. The van der Waals surface area contributed by atoms with Crippen molar-refractivity contribution in [1.29, 1.82) is 0 Å². The maximum absolute atomic E-state index is 12.5. The third-order valence-electron chi connectivity index (χ3n) is 3.84. The molecule has 1 aromatic carbocycles. The number of rotatable bonds is 1. The Balaban J connectivity index is 2.13. The zero-order chi connectivity index (χ0) is 15.2. The minimum Gasteiger partial charge on any atom is -0.480 e. The lowest BCUT2D eigenvalue weighted by Gasteiger charge is -2.36. The van der Waals surface area contributed by atoms with Gasteiger partial charge in [-0.2, -0.15) is 0 Å². The van der Waals surface area contributed by atoms with E-state index in [0.717, 1.165) is 4.90 Å². The third-order valence-corrected chi connectivity index (χ3v) is 3.84. The Labute approximate surface area is 120 Å². The number of amides is 4. The van der Waals surface area contributed by atoms with Crippen LogP contribution in [0.5, 0.6) is 5.75 Å². The zero-order valence-electron chi connectivity index (χ0n) is 11.3. The first-order valence-corrected chi connectivity index (χ1v) is 6.36. The lowest BCUT2D eigenvalue weighted by atomic mass is 9.81. The number of fused-ring (bicyclic) bond motifs is 2. The summed E-state index contributed by atoms with van der Waals surface area (Å²) in [5.74, 6) is 4.54. The molecule has 1 saturated heterocycles. The maximum Gasteiger partial charge on any atom is 0.325 e. The summed E-state index contributed by atoms with van der Waals surface area (Å²) in [5, 5.41) is 2.67. The Hall–Kier alpha value is -2.61. The van der Waals surface area contributed by atoms with E-state index < -0.39 is 29.5 Å². The van der Waals surface area contributed by atoms with Crippen LogP contribution < -0.4 is 21.3 Å². The second-order valence-corrected chi connectivity index (χ2v) is 5.02. The van der Waals surface area contributed by atoms with Crippen molar-refractivity contribution in [3.05, 3.63) is 29.8 Å². The number of likely N-dealkylation sites (N-methyl/N-ethyl adjacent to an activating group) is 1. The molecule has 4 N–H and O–H groups in total. The molecule has 1 fully saturated rings. The van der Waals surface area contributed by atoms with Crippen LogP contribution in [0.1, 0.15) is 12.0 Å². The van der Waals surface area contributed by atoms with E-state index >= 15 is 0 Å². The quantitative estimate of drug-likeness (QED) is 0.271. The van der Waals surface area contributed by atoms with E-state index in [9.17, 15) is 14.4 Å². The molecule has 1 spiro atoms. The van der Waals surface area contributed by atoms with Crippen molar-refractivity contribution in [2.75, 3.05) is 7.05 Å². The monoisotopic (exact) mass is 290 g/mol. The molecule has 0 aliphatic carbocycles. The minimum atomic E-state index is -1.29. The number of para-hydroxylation sites is 1. The molecule has 8 nitrogen and oxygen atoms in total. The van der Waals surface area contributed by atoms with Gasteiger partial charge in [-0.15, -0.1) is 0 Å². The van der Waals surface area contributed by atoms with Crippen molar-refractivity contribution in [2.24, 2.45) is 5.84 Å². The Kier molecular flexibility index (Phi) is 2.84. The van der Waals surface area contributed by atoms with Gasteiger partial charge in [0.1, 0.15) is 5.75 Å². The highest BCUT2D eigenvalue weighted by molar-refractivity contribution is 6.08. The molecule has 2 aliphatic rings. The third kappa shape index (κ3) is 1.76. The summed E-state index contributed by atoms with van der Waals surface area (Å²) in [7, 11) is 1.39. The number of carbonyl (C=O) groups is 3. The van der Waals surface area contributed by atoms with Crippen LogP contribution >= 0.6 is 0 Å². The summed E-state index contributed by atoms with van der Waals surface area (Å²) in [5.41, 5.74) is 1.25. The first kappa shape index (κ1) is 13.4. The Morgan fingerprint density at radius 2 is 2.19 bits per heavy atom. The number of ether oxygens (including phenoxy) is 1. The Morgan fingerprint density at radius 1 is 1.48 bits per heavy atom. The van der Waals surface area contributed by atoms with Crippen molar-refractivity contribution in [1.82, 2.24) is 15.6 Å². The molecular weight excluding hydrogens is 276 g/mol. The van der Waals surface area contributed by atoms with Crippen molar-refractivity contribution >= 4 is 17.8 Å². The number of urea groups is 1. The van der Waals surface area contributed by atoms with Crippen LogP contribution in [0.2, 0.25) is 0 Å². The van der Waals surface area contributed by atoms with Crippen LogP contribution in [0.25, 0.3) is 0 Å². The molecule has 21 heavy (non-hydrogen) atoms. The van der Waals surface area contributed by atoms with Gasteiger partial charge in [0.15, 0.2) is 11.6 Å². The first-order valence-electron chi connectivity index (χ1n) is 6.36. The lowest BCUT2D eigenvalue weighted by Crippen LogP contribution is -2.54. The number of hydrazine groups is 1. The summed E-state index contributed by atoms with van der Waals surface area (Å²) in [6, 6.07) is 6.29. The number of hydrogen-bond acceptors (Lipinski definition) is 5. The topological polar surface area (TPSA) is 114 Å². The van der Waals surface area contributed by atoms with Gasteiger partial charge in [-0.1, -0.05) is 18.2 Å². The molecule has 1 aromatic rings. The van der Waals surface area contributed by atoms with E-state index in [1.165, 1.54) is 7.05 Å². The highest BCUT2D eigenvalue weighted by Crippen LogP contribution is 2.42. The van der Waals surface area contributed by atoms with E-state index in [1.807, 2.05) is 5.43 Å². The van der Waals surface area contributed by atoms with Gasteiger partial charge in [-0.05, 0) is 6.07 Å². The number of nitrogens with two attached hydrogens (primary N) is 1. The molecule has 8 heteroatoms. The summed E-state index contributed by atoms with van der Waals surface area (Å²) in [6.45, 7) is 0. The van der Waals surface area contributed by atoms with Gasteiger partial charge in [0, 0.05) is 19.0 Å². The molecule has 2 unspecified atom stereocenters. The standard InChI is InChI=1S/C13H14N4O4/c1-17-11(19)13(15-12(17)20)6-9(10(18)16-14)21-8-5-3-2-4-7(8)13/h2-5,9H,6,14H2,1H3,(H,15,20)(H,16,18). The van der Waals surface area contributed by atoms with Gasteiger partial charge in [0.05, 0.1) is 0 Å². The molecule has 0 bridgehead atoms. The van der Waals surface area contributed by atoms with Crippen molar-refractivity contribution in [3.8, 4) is 5.75 Å². The summed E-state index contributed by atoms with van der Waals surface area (Å²) in [6.07, 6.45) is -0.970. The lowest BCUT2D eigenvalue weighted by molar-refractivity contribution is -0.136. The van der Waals surface area contributed by atoms with Gasteiger partial charge in [-0.25, -0.2) is 10.6 Å². The summed E-state index contributed by atoms with van der Waals surface area (Å²) < 4.78 is 5.58. The van der Waals surface area contributed by atoms with E-state index in [0.29, 0.717) is 11.3 Å². The number of benzene rings is 1. The van der Waals surface area contributed by atoms with Crippen LogP contribution in [-0.4, -0.2) is 35.9 Å². The number of imide groups is 1. The average molecular weight is 290 g/mol. The number of nitrogens with zero attached hydrogens (tertiary/aromatic N) is 1. The SMILES string of the molecule is CN1C(=O)NC2(CC(C(=O)NN)Oc3ccccc32)C1=O. The van der Waals surface area contributed by atoms with Crippen LogP contribution in [-0.2, 0) is 15.1 Å². The number of carbonyl (C=O) groups excluding carboxylic acids is 3. The fraction of sp³-hybridized carbons (Fsp3) is 0.308. The molecule has 2 aliphatic heterocycles. The van der Waals surface area contributed by atoms with E-state index in [1.54, 1.807) is 24.3 Å². The Bertz CT molecular complexity index is 647. The van der Waals surface area contributed by atoms with Gasteiger partial charge in [-0.3, -0.25) is 19.9 Å². The highest BCUT2D eigenvalue weighted by atomic mass is 16.5.